The van der Waals surface area contributed by atoms with Gasteiger partial charge in [0.15, 0.2) is 0 Å². The van der Waals surface area contributed by atoms with Crippen molar-refractivity contribution in [1.29, 1.82) is 0 Å². The highest BCUT2D eigenvalue weighted by atomic mass is 19.4. The monoisotopic (exact) mass is 499 g/mol. The van der Waals surface area contributed by atoms with Crippen LogP contribution in [0.25, 0.3) is 11.0 Å². The highest BCUT2D eigenvalue weighted by Gasteiger charge is 2.31. The van der Waals surface area contributed by atoms with Gasteiger partial charge in [-0.25, -0.2) is 4.98 Å². The number of aromatic nitrogens is 2. The Kier molecular flexibility index (Phi) is 7.74. The SMILES string of the molecule is COCCOc1ccc(C(F)(F)F)cc1NC(=O)Cn1c(COc2ccccc2)nc2ccccc21. The maximum atomic E-state index is 13.3. The second-order valence-corrected chi connectivity index (χ2v) is 7.80. The number of imidazole rings is 1. The van der Waals surface area contributed by atoms with E-state index in [0.717, 1.165) is 12.1 Å². The average molecular weight is 499 g/mol. The summed E-state index contributed by atoms with van der Waals surface area (Å²) in [4.78, 5) is 17.6. The van der Waals surface area contributed by atoms with E-state index in [1.165, 1.54) is 13.2 Å². The largest absolute Gasteiger partial charge is 0.489 e. The second-order valence-electron chi connectivity index (χ2n) is 7.80. The van der Waals surface area contributed by atoms with Crippen LogP contribution in [0, 0.1) is 0 Å². The lowest BCUT2D eigenvalue weighted by Gasteiger charge is -2.16. The zero-order chi connectivity index (χ0) is 25.5. The normalized spacial score (nSPS) is 11.4. The fourth-order valence-electron chi connectivity index (χ4n) is 3.57. The number of amides is 1. The lowest BCUT2D eigenvalue weighted by atomic mass is 10.1. The Morgan fingerprint density at radius 3 is 2.47 bits per heavy atom. The van der Waals surface area contributed by atoms with E-state index in [2.05, 4.69) is 10.3 Å². The number of hydrogen-bond acceptors (Lipinski definition) is 5. The molecule has 1 heterocycles. The van der Waals surface area contributed by atoms with Crippen LogP contribution in [-0.2, 0) is 28.9 Å². The van der Waals surface area contributed by atoms with Crippen molar-refractivity contribution in [2.75, 3.05) is 25.6 Å². The van der Waals surface area contributed by atoms with E-state index in [1.54, 1.807) is 16.7 Å². The summed E-state index contributed by atoms with van der Waals surface area (Å²) < 4.78 is 57.8. The van der Waals surface area contributed by atoms with E-state index in [1.807, 2.05) is 42.5 Å². The molecule has 0 fully saturated rings. The van der Waals surface area contributed by atoms with E-state index in [0.29, 0.717) is 22.6 Å². The number of nitrogens with one attached hydrogen (secondary N) is 1. The van der Waals surface area contributed by atoms with Crippen molar-refractivity contribution in [3.8, 4) is 11.5 Å². The third kappa shape index (κ3) is 6.14. The summed E-state index contributed by atoms with van der Waals surface area (Å²) in [6.45, 7) is 0.251. The minimum atomic E-state index is -4.58. The predicted octanol–water partition coefficient (Wildman–Crippen LogP) is 5.30. The second kappa shape index (κ2) is 11.1. The predicted molar refractivity (Wildman–Crippen MR) is 128 cm³/mol. The average Bonchev–Trinajstić information content (AvgIpc) is 3.21. The number of ether oxygens (including phenoxy) is 3. The molecule has 0 bridgehead atoms. The van der Waals surface area contributed by atoms with Crippen molar-refractivity contribution in [2.24, 2.45) is 0 Å². The Bertz CT molecular complexity index is 1320. The molecule has 36 heavy (non-hydrogen) atoms. The number of rotatable bonds is 10. The summed E-state index contributed by atoms with van der Waals surface area (Å²) in [6.07, 6.45) is -4.58. The zero-order valence-corrected chi connectivity index (χ0v) is 19.4. The Labute approximate surface area is 205 Å². The number of carbonyl (C=O) groups is 1. The first-order valence-electron chi connectivity index (χ1n) is 11.1. The lowest BCUT2D eigenvalue weighted by molar-refractivity contribution is -0.137. The zero-order valence-electron chi connectivity index (χ0n) is 19.4. The number of methoxy groups -OCH3 is 1. The van der Waals surface area contributed by atoms with E-state index in [4.69, 9.17) is 14.2 Å². The van der Waals surface area contributed by atoms with Crippen LogP contribution in [0.15, 0.2) is 72.8 Å². The Morgan fingerprint density at radius 1 is 0.972 bits per heavy atom. The number of nitrogens with zero attached hydrogens (tertiary/aromatic N) is 2. The van der Waals surface area contributed by atoms with Crippen LogP contribution in [0.1, 0.15) is 11.4 Å². The van der Waals surface area contributed by atoms with Gasteiger partial charge in [0.1, 0.15) is 37.1 Å². The van der Waals surface area contributed by atoms with Gasteiger partial charge in [0.05, 0.1) is 28.9 Å². The highest BCUT2D eigenvalue weighted by molar-refractivity contribution is 5.93. The number of fused-ring (bicyclic) bond motifs is 1. The number of benzene rings is 3. The highest BCUT2D eigenvalue weighted by Crippen LogP contribution is 2.35. The first kappa shape index (κ1) is 25.1. The van der Waals surface area contributed by atoms with Gasteiger partial charge in [-0.2, -0.15) is 13.2 Å². The van der Waals surface area contributed by atoms with Gasteiger partial charge in [-0.05, 0) is 42.5 Å². The molecule has 0 aliphatic heterocycles. The molecule has 188 valence electrons. The molecule has 0 aliphatic rings. The van der Waals surface area contributed by atoms with E-state index in [9.17, 15) is 18.0 Å². The molecule has 0 saturated carbocycles. The third-order valence-electron chi connectivity index (χ3n) is 5.27. The Hall–Kier alpha value is -4.05. The van der Waals surface area contributed by atoms with Gasteiger partial charge in [0.2, 0.25) is 5.91 Å². The topological polar surface area (TPSA) is 74.6 Å². The van der Waals surface area contributed by atoms with Gasteiger partial charge in [0.25, 0.3) is 0 Å². The van der Waals surface area contributed by atoms with Gasteiger partial charge in [-0.15, -0.1) is 0 Å². The van der Waals surface area contributed by atoms with E-state index in [-0.39, 0.29) is 37.8 Å². The molecule has 1 N–H and O–H groups in total. The molecule has 4 aromatic rings. The third-order valence-corrected chi connectivity index (χ3v) is 5.27. The van der Waals surface area contributed by atoms with Crippen molar-refractivity contribution in [3.05, 3.63) is 84.2 Å². The molecule has 1 aromatic heterocycles. The van der Waals surface area contributed by atoms with Crippen LogP contribution < -0.4 is 14.8 Å². The Balaban J connectivity index is 1.58. The molecule has 1 amide bonds. The molecular formula is C26H24F3N3O4. The number of hydrogen-bond donors (Lipinski definition) is 1. The van der Waals surface area contributed by atoms with Gasteiger partial charge >= 0.3 is 6.18 Å². The minimum absolute atomic E-state index is 0.0857. The first-order valence-corrected chi connectivity index (χ1v) is 11.1. The maximum Gasteiger partial charge on any atom is 0.416 e. The summed E-state index contributed by atoms with van der Waals surface area (Å²) in [7, 11) is 1.48. The molecule has 0 atom stereocenters. The molecule has 0 aliphatic carbocycles. The molecule has 0 spiro atoms. The van der Waals surface area contributed by atoms with Crippen molar-refractivity contribution < 1.29 is 32.2 Å². The fourth-order valence-corrected chi connectivity index (χ4v) is 3.57. The van der Waals surface area contributed by atoms with Crippen LogP contribution in [0.4, 0.5) is 18.9 Å². The maximum absolute atomic E-state index is 13.3. The minimum Gasteiger partial charge on any atom is -0.489 e. The van der Waals surface area contributed by atoms with Crippen molar-refractivity contribution in [3.63, 3.8) is 0 Å². The van der Waals surface area contributed by atoms with Crippen molar-refractivity contribution in [1.82, 2.24) is 9.55 Å². The molecular weight excluding hydrogens is 475 g/mol. The van der Waals surface area contributed by atoms with Crippen LogP contribution in [-0.4, -0.2) is 35.8 Å². The van der Waals surface area contributed by atoms with Crippen LogP contribution in [0.2, 0.25) is 0 Å². The molecule has 0 unspecified atom stereocenters. The molecule has 4 rings (SSSR count). The van der Waals surface area contributed by atoms with E-state index < -0.39 is 17.6 Å². The van der Waals surface area contributed by atoms with Gasteiger partial charge in [0, 0.05) is 7.11 Å². The summed E-state index contributed by atoms with van der Waals surface area (Å²) in [5, 5.41) is 2.56. The Morgan fingerprint density at radius 2 is 1.72 bits per heavy atom. The first-order chi connectivity index (χ1) is 17.3. The number of para-hydroxylation sites is 3. The van der Waals surface area contributed by atoms with Crippen molar-refractivity contribution >= 4 is 22.6 Å². The van der Waals surface area contributed by atoms with Gasteiger partial charge < -0.3 is 24.1 Å². The number of halogens is 3. The fraction of sp³-hybridized carbons (Fsp3) is 0.231. The summed E-state index contributed by atoms with van der Waals surface area (Å²) in [6, 6.07) is 19.4. The van der Waals surface area contributed by atoms with Crippen LogP contribution in [0.5, 0.6) is 11.5 Å². The number of carbonyl (C=O) groups excluding carboxylic acids is 1. The number of alkyl halides is 3. The summed E-state index contributed by atoms with van der Waals surface area (Å²) in [5.41, 5.74) is 0.374. The molecule has 0 radical (unpaired) electrons. The van der Waals surface area contributed by atoms with Crippen LogP contribution in [0.3, 0.4) is 0 Å². The number of anilines is 1. The van der Waals surface area contributed by atoms with Gasteiger partial charge in [-0.1, -0.05) is 30.3 Å². The molecule has 7 nitrogen and oxygen atoms in total. The van der Waals surface area contributed by atoms with Gasteiger partial charge in [-0.3, -0.25) is 4.79 Å². The van der Waals surface area contributed by atoms with Crippen LogP contribution >= 0.6 is 0 Å². The smallest absolute Gasteiger partial charge is 0.416 e. The van der Waals surface area contributed by atoms with E-state index >= 15 is 0 Å². The standard InChI is InChI=1S/C26H24F3N3O4/c1-34-13-14-35-23-12-11-18(26(27,28)29)15-21(23)31-25(33)16-32-22-10-6-5-9-20(22)30-24(32)17-36-19-7-3-2-4-8-19/h2-12,15H,13-14,16-17H2,1H3,(H,31,33). The molecule has 10 heteroatoms. The summed E-state index contributed by atoms with van der Waals surface area (Å²) in [5.74, 6) is 0.699. The van der Waals surface area contributed by atoms with Crippen molar-refractivity contribution in [2.45, 2.75) is 19.3 Å². The molecule has 3 aromatic carbocycles. The summed E-state index contributed by atoms with van der Waals surface area (Å²) >= 11 is 0. The lowest BCUT2D eigenvalue weighted by Crippen LogP contribution is -2.22. The quantitative estimate of drug-likeness (QED) is 0.300. The molecule has 0 saturated heterocycles.